The molecular weight excluding hydrogens is 391 g/mol. The quantitative estimate of drug-likeness (QED) is 0.651. The molecule has 8 nitrogen and oxygen atoms in total. The van der Waals surface area contributed by atoms with Crippen LogP contribution in [0.25, 0.3) is 11.3 Å². The van der Waals surface area contributed by atoms with E-state index in [1.807, 2.05) is 0 Å². The Bertz CT molecular complexity index is 1140. The van der Waals surface area contributed by atoms with E-state index < -0.39 is 11.5 Å². The number of amides is 2. The van der Waals surface area contributed by atoms with Crippen LogP contribution in [0.5, 0.6) is 5.75 Å². The van der Waals surface area contributed by atoms with Crippen molar-refractivity contribution in [3.63, 3.8) is 0 Å². The minimum Gasteiger partial charge on any atom is -0.495 e. The fourth-order valence-electron chi connectivity index (χ4n) is 2.75. The maximum Gasteiger partial charge on any atom is 0.267 e. The number of benzene rings is 2. The van der Waals surface area contributed by atoms with Crippen LogP contribution >= 0.6 is 0 Å². The predicted molar refractivity (Wildman–Crippen MR) is 110 cm³/mol. The van der Waals surface area contributed by atoms with Crippen molar-refractivity contribution in [3.05, 3.63) is 70.8 Å². The Morgan fingerprint density at radius 2 is 1.80 bits per heavy atom. The number of halogens is 1. The van der Waals surface area contributed by atoms with Gasteiger partial charge in [-0.25, -0.2) is 9.07 Å². The van der Waals surface area contributed by atoms with Gasteiger partial charge in [0.2, 0.25) is 11.8 Å². The van der Waals surface area contributed by atoms with Crippen molar-refractivity contribution in [2.45, 2.75) is 13.5 Å². The van der Waals surface area contributed by atoms with Crippen LogP contribution in [0.2, 0.25) is 0 Å². The summed E-state index contributed by atoms with van der Waals surface area (Å²) in [6, 6.07) is 13.2. The summed E-state index contributed by atoms with van der Waals surface area (Å²) in [6.07, 6.45) is 0. The molecule has 0 aliphatic heterocycles. The SMILES string of the molecule is COc1ccc(NC(C)=O)cc1NC(=O)Cn1nc(-c2ccc(F)cc2)ccc1=O. The Morgan fingerprint density at radius 3 is 2.47 bits per heavy atom. The van der Waals surface area contributed by atoms with E-state index in [1.165, 1.54) is 50.4 Å². The zero-order valence-corrected chi connectivity index (χ0v) is 16.3. The number of methoxy groups -OCH3 is 1. The first kappa shape index (κ1) is 20.7. The molecule has 0 saturated carbocycles. The summed E-state index contributed by atoms with van der Waals surface area (Å²) in [7, 11) is 1.45. The third-order valence-corrected chi connectivity index (χ3v) is 4.09. The highest BCUT2D eigenvalue weighted by atomic mass is 19.1. The molecule has 0 bridgehead atoms. The molecule has 3 rings (SSSR count). The van der Waals surface area contributed by atoms with Gasteiger partial charge < -0.3 is 15.4 Å². The standard InChI is InChI=1S/C21H19FN4O4/c1-13(27)23-16-7-9-19(30-2)18(11-16)24-20(28)12-26-21(29)10-8-17(25-26)14-3-5-15(22)6-4-14/h3-11H,12H2,1-2H3,(H,23,27)(H,24,28). The molecule has 3 aromatic rings. The second-order valence-corrected chi connectivity index (χ2v) is 6.37. The summed E-state index contributed by atoms with van der Waals surface area (Å²) in [4.78, 5) is 35.9. The van der Waals surface area contributed by atoms with Gasteiger partial charge in [-0.3, -0.25) is 14.4 Å². The molecule has 9 heteroatoms. The second-order valence-electron chi connectivity index (χ2n) is 6.37. The van der Waals surface area contributed by atoms with Crippen LogP contribution in [0.4, 0.5) is 15.8 Å². The van der Waals surface area contributed by atoms with E-state index >= 15 is 0 Å². The maximum absolute atomic E-state index is 13.1. The van der Waals surface area contributed by atoms with Crippen LogP contribution in [-0.4, -0.2) is 28.7 Å². The molecule has 154 valence electrons. The van der Waals surface area contributed by atoms with Gasteiger partial charge in [0.1, 0.15) is 18.1 Å². The van der Waals surface area contributed by atoms with Crippen molar-refractivity contribution < 1.29 is 18.7 Å². The molecule has 2 N–H and O–H groups in total. The Kier molecular flexibility index (Phi) is 6.21. The molecule has 1 heterocycles. The van der Waals surface area contributed by atoms with E-state index in [0.29, 0.717) is 28.4 Å². The van der Waals surface area contributed by atoms with Crippen LogP contribution in [0.3, 0.4) is 0 Å². The molecule has 0 atom stereocenters. The number of anilines is 2. The second kappa shape index (κ2) is 8.99. The van der Waals surface area contributed by atoms with Gasteiger partial charge in [0.25, 0.3) is 5.56 Å². The van der Waals surface area contributed by atoms with Crippen molar-refractivity contribution in [1.82, 2.24) is 9.78 Å². The molecule has 0 radical (unpaired) electrons. The fourth-order valence-corrected chi connectivity index (χ4v) is 2.75. The van der Waals surface area contributed by atoms with Gasteiger partial charge in [0.05, 0.1) is 18.5 Å². The number of ether oxygens (including phenoxy) is 1. The van der Waals surface area contributed by atoms with Crippen molar-refractivity contribution in [2.24, 2.45) is 0 Å². The summed E-state index contributed by atoms with van der Waals surface area (Å²) < 4.78 is 19.4. The number of hydrogen-bond donors (Lipinski definition) is 2. The van der Waals surface area contributed by atoms with Crippen LogP contribution in [0.1, 0.15) is 6.92 Å². The topological polar surface area (TPSA) is 102 Å². The Balaban J connectivity index is 1.81. The third-order valence-electron chi connectivity index (χ3n) is 4.09. The summed E-state index contributed by atoms with van der Waals surface area (Å²) in [5.41, 5.74) is 1.38. The van der Waals surface area contributed by atoms with E-state index in [4.69, 9.17) is 4.74 Å². The summed E-state index contributed by atoms with van der Waals surface area (Å²) in [6.45, 7) is 1.02. The lowest BCUT2D eigenvalue weighted by atomic mass is 10.1. The normalized spacial score (nSPS) is 10.4. The highest BCUT2D eigenvalue weighted by molar-refractivity contribution is 5.94. The maximum atomic E-state index is 13.1. The molecule has 2 amide bonds. The van der Waals surface area contributed by atoms with E-state index in [2.05, 4.69) is 15.7 Å². The molecule has 0 spiro atoms. The van der Waals surface area contributed by atoms with E-state index in [9.17, 15) is 18.8 Å². The highest BCUT2D eigenvalue weighted by Gasteiger charge is 2.12. The van der Waals surface area contributed by atoms with Gasteiger partial charge in [-0.05, 0) is 48.5 Å². The summed E-state index contributed by atoms with van der Waals surface area (Å²) >= 11 is 0. The van der Waals surface area contributed by atoms with E-state index in [1.54, 1.807) is 18.2 Å². The molecule has 2 aromatic carbocycles. The lowest BCUT2D eigenvalue weighted by Gasteiger charge is -2.13. The number of carbonyl (C=O) groups is 2. The van der Waals surface area contributed by atoms with E-state index in [-0.39, 0.29) is 18.3 Å². The molecular formula is C21H19FN4O4. The third kappa shape index (κ3) is 5.07. The molecule has 30 heavy (non-hydrogen) atoms. The highest BCUT2D eigenvalue weighted by Crippen LogP contribution is 2.28. The molecule has 0 aliphatic rings. The Morgan fingerprint density at radius 1 is 1.07 bits per heavy atom. The average molecular weight is 410 g/mol. The first-order valence-electron chi connectivity index (χ1n) is 8.95. The first-order valence-corrected chi connectivity index (χ1v) is 8.95. The number of rotatable bonds is 6. The van der Waals surface area contributed by atoms with Crippen LogP contribution in [0, 0.1) is 5.82 Å². The zero-order valence-electron chi connectivity index (χ0n) is 16.3. The number of aromatic nitrogens is 2. The molecule has 0 saturated heterocycles. The van der Waals surface area contributed by atoms with Crippen molar-refractivity contribution in [1.29, 1.82) is 0 Å². The minimum absolute atomic E-state index is 0.259. The monoisotopic (exact) mass is 410 g/mol. The molecule has 0 aliphatic carbocycles. The Hall–Kier alpha value is -4.01. The molecule has 1 aromatic heterocycles. The average Bonchev–Trinajstić information content (AvgIpc) is 2.70. The predicted octanol–water partition coefficient (Wildman–Crippen LogP) is 2.66. The number of carbonyl (C=O) groups excluding carboxylic acids is 2. The number of nitrogens with zero attached hydrogens (tertiary/aromatic N) is 2. The molecule has 0 unspecified atom stereocenters. The minimum atomic E-state index is -0.515. The van der Waals surface area contributed by atoms with Crippen molar-refractivity contribution in [3.8, 4) is 17.0 Å². The van der Waals surface area contributed by atoms with Gasteiger partial charge >= 0.3 is 0 Å². The van der Waals surface area contributed by atoms with Gasteiger partial charge in [-0.2, -0.15) is 5.10 Å². The zero-order chi connectivity index (χ0) is 21.7. The van der Waals surface area contributed by atoms with Crippen LogP contribution < -0.4 is 20.9 Å². The number of nitrogens with one attached hydrogen (secondary N) is 2. The van der Waals surface area contributed by atoms with Gasteiger partial charge in [-0.1, -0.05) is 0 Å². The molecule has 0 fully saturated rings. The Labute approximate surface area is 171 Å². The fraction of sp³-hybridized carbons (Fsp3) is 0.143. The van der Waals surface area contributed by atoms with Crippen molar-refractivity contribution in [2.75, 3.05) is 17.7 Å². The first-order chi connectivity index (χ1) is 14.4. The summed E-state index contributed by atoms with van der Waals surface area (Å²) in [5.74, 6) is -0.773. The summed E-state index contributed by atoms with van der Waals surface area (Å²) in [5, 5.41) is 9.46. The van der Waals surface area contributed by atoms with Crippen LogP contribution in [-0.2, 0) is 16.1 Å². The van der Waals surface area contributed by atoms with Gasteiger partial charge in [0, 0.05) is 24.2 Å². The van der Waals surface area contributed by atoms with Crippen molar-refractivity contribution >= 4 is 23.2 Å². The lowest BCUT2D eigenvalue weighted by Crippen LogP contribution is -2.29. The van der Waals surface area contributed by atoms with E-state index in [0.717, 1.165) is 4.68 Å². The largest absolute Gasteiger partial charge is 0.495 e. The van der Waals surface area contributed by atoms with Gasteiger partial charge in [0.15, 0.2) is 0 Å². The smallest absolute Gasteiger partial charge is 0.267 e. The lowest BCUT2D eigenvalue weighted by molar-refractivity contribution is -0.117. The number of hydrogen-bond acceptors (Lipinski definition) is 5. The van der Waals surface area contributed by atoms with Gasteiger partial charge in [-0.15, -0.1) is 0 Å². The van der Waals surface area contributed by atoms with Crippen LogP contribution in [0.15, 0.2) is 59.4 Å².